The molecule has 2 rings (SSSR count). The van der Waals surface area contributed by atoms with Gasteiger partial charge in [0.25, 0.3) is 5.91 Å². The molecule has 1 aliphatic rings. The van der Waals surface area contributed by atoms with Gasteiger partial charge in [-0.2, -0.15) is 0 Å². The molecule has 0 heterocycles. The van der Waals surface area contributed by atoms with Crippen LogP contribution in [0.4, 0.5) is 0 Å². The van der Waals surface area contributed by atoms with Crippen molar-refractivity contribution < 1.29 is 4.79 Å². The van der Waals surface area contributed by atoms with E-state index in [0.717, 1.165) is 24.8 Å². The van der Waals surface area contributed by atoms with Crippen LogP contribution in [0, 0.1) is 0 Å². The summed E-state index contributed by atoms with van der Waals surface area (Å²) in [4.78, 5) is 11.8. The topological polar surface area (TPSA) is 29.1 Å². The molecule has 0 spiro atoms. The van der Waals surface area contributed by atoms with Gasteiger partial charge in [-0.25, -0.2) is 0 Å². The first-order valence-corrected chi connectivity index (χ1v) is 5.37. The molecule has 2 nitrogen and oxygen atoms in total. The number of amides is 1. The van der Waals surface area contributed by atoms with Gasteiger partial charge in [0.05, 0.1) is 0 Å². The maximum Gasteiger partial charge on any atom is 0.251 e. The first kappa shape index (κ1) is 9.97. The van der Waals surface area contributed by atoms with E-state index < -0.39 is 0 Å². The Morgan fingerprint density at radius 1 is 1.20 bits per heavy atom. The molecule has 1 N–H and O–H groups in total. The molecule has 0 saturated carbocycles. The SMILES string of the molecule is O=C(NC1CC=CCC1)c1ccccc1. The Morgan fingerprint density at radius 3 is 2.67 bits per heavy atom. The van der Waals surface area contributed by atoms with Crippen molar-refractivity contribution in [3.05, 3.63) is 48.0 Å². The molecule has 2 heteroatoms. The van der Waals surface area contributed by atoms with E-state index in [1.165, 1.54) is 0 Å². The average Bonchev–Trinajstić information content (AvgIpc) is 2.31. The molecule has 0 bridgehead atoms. The molecule has 78 valence electrons. The first-order chi connectivity index (χ1) is 7.36. The van der Waals surface area contributed by atoms with E-state index in [1.54, 1.807) is 0 Å². The Balaban J connectivity index is 1.95. The fraction of sp³-hybridized carbons (Fsp3) is 0.308. The van der Waals surface area contributed by atoms with Crippen LogP contribution in [-0.4, -0.2) is 11.9 Å². The van der Waals surface area contributed by atoms with E-state index in [1.807, 2.05) is 30.3 Å². The second-order valence-electron chi connectivity index (χ2n) is 3.82. The van der Waals surface area contributed by atoms with Crippen LogP contribution in [0.3, 0.4) is 0 Å². The number of hydrogen-bond acceptors (Lipinski definition) is 1. The second-order valence-corrected chi connectivity index (χ2v) is 3.82. The number of hydrogen-bond donors (Lipinski definition) is 1. The van der Waals surface area contributed by atoms with Crippen molar-refractivity contribution in [2.45, 2.75) is 25.3 Å². The number of carbonyl (C=O) groups excluding carboxylic acids is 1. The number of rotatable bonds is 2. The predicted molar refractivity (Wildman–Crippen MR) is 60.7 cm³/mol. The van der Waals surface area contributed by atoms with Crippen LogP contribution in [0.5, 0.6) is 0 Å². The molecule has 0 radical (unpaired) electrons. The first-order valence-electron chi connectivity index (χ1n) is 5.37. The van der Waals surface area contributed by atoms with E-state index in [2.05, 4.69) is 17.5 Å². The third-order valence-electron chi connectivity index (χ3n) is 2.64. The second kappa shape index (κ2) is 4.78. The number of allylic oxidation sites excluding steroid dienone is 1. The molecule has 1 unspecified atom stereocenters. The van der Waals surface area contributed by atoms with E-state index in [9.17, 15) is 4.79 Å². The molecule has 1 aromatic rings. The molecule has 1 aliphatic carbocycles. The Bertz CT molecular complexity index is 356. The minimum absolute atomic E-state index is 0.0379. The van der Waals surface area contributed by atoms with Crippen molar-refractivity contribution >= 4 is 5.91 Å². The highest BCUT2D eigenvalue weighted by atomic mass is 16.1. The van der Waals surface area contributed by atoms with Gasteiger partial charge in [0, 0.05) is 11.6 Å². The highest BCUT2D eigenvalue weighted by Gasteiger charge is 2.13. The number of carbonyl (C=O) groups is 1. The van der Waals surface area contributed by atoms with Gasteiger partial charge in [-0.3, -0.25) is 4.79 Å². The molecule has 1 atom stereocenters. The molecule has 0 saturated heterocycles. The van der Waals surface area contributed by atoms with Crippen molar-refractivity contribution in [1.82, 2.24) is 5.32 Å². The summed E-state index contributed by atoms with van der Waals surface area (Å²) in [5, 5.41) is 3.04. The van der Waals surface area contributed by atoms with Crippen molar-refractivity contribution in [1.29, 1.82) is 0 Å². The standard InChI is InChI=1S/C13H15NO/c15-13(11-7-3-1-4-8-11)14-12-9-5-2-6-10-12/h1-5,7-8,12H,6,9-10H2,(H,14,15). The molecular weight excluding hydrogens is 186 g/mol. The lowest BCUT2D eigenvalue weighted by Gasteiger charge is -2.19. The van der Waals surface area contributed by atoms with Crippen LogP contribution in [0.1, 0.15) is 29.6 Å². The maximum atomic E-state index is 11.8. The number of benzene rings is 1. The summed E-state index contributed by atoms with van der Waals surface area (Å²) < 4.78 is 0. The fourth-order valence-corrected chi connectivity index (χ4v) is 1.78. The average molecular weight is 201 g/mol. The third kappa shape index (κ3) is 2.69. The van der Waals surface area contributed by atoms with Crippen LogP contribution >= 0.6 is 0 Å². The summed E-state index contributed by atoms with van der Waals surface area (Å²) in [5.41, 5.74) is 0.743. The zero-order chi connectivity index (χ0) is 10.5. The number of nitrogens with one attached hydrogen (secondary N) is 1. The molecular formula is C13H15NO. The monoisotopic (exact) mass is 201 g/mol. The van der Waals surface area contributed by atoms with E-state index >= 15 is 0 Å². The molecule has 15 heavy (non-hydrogen) atoms. The van der Waals surface area contributed by atoms with Gasteiger partial charge in [0.15, 0.2) is 0 Å². The van der Waals surface area contributed by atoms with Crippen molar-refractivity contribution in [2.24, 2.45) is 0 Å². The van der Waals surface area contributed by atoms with Crippen molar-refractivity contribution in [3.63, 3.8) is 0 Å². The largest absolute Gasteiger partial charge is 0.349 e. The van der Waals surface area contributed by atoms with Crippen molar-refractivity contribution in [2.75, 3.05) is 0 Å². The Morgan fingerprint density at radius 2 is 2.00 bits per heavy atom. The lowest BCUT2D eigenvalue weighted by molar-refractivity contribution is 0.0935. The van der Waals surface area contributed by atoms with Crippen LogP contribution in [0.2, 0.25) is 0 Å². The Kier molecular flexibility index (Phi) is 3.18. The molecule has 1 amide bonds. The quantitative estimate of drug-likeness (QED) is 0.732. The molecule has 1 aromatic carbocycles. The third-order valence-corrected chi connectivity index (χ3v) is 2.64. The van der Waals surface area contributed by atoms with E-state index in [-0.39, 0.29) is 5.91 Å². The summed E-state index contributed by atoms with van der Waals surface area (Å²) in [6.07, 6.45) is 7.39. The van der Waals surface area contributed by atoms with E-state index in [0.29, 0.717) is 6.04 Å². The fourth-order valence-electron chi connectivity index (χ4n) is 1.78. The predicted octanol–water partition coefficient (Wildman–Crippen LogP) is 2.53. The normalized spacial score (nSPS) is 19.9. The van der Waals surface area contributed by atoms with Gasteiger partial charge in [0.2, 0.25) is 0 Å². The van der Waals surface area contributed by atoms with Gasteiger partial charge in [0.1, 0.15) is 0 Å². The smallest absolute Gasteiger partial charge is 0.251 e. The molecule has 0 fully saturated rings. The van der Waals surface area contributed by atoms with Gasteiger partial charge in [-0.1, -0.05) is 30.4 Å². The van der Waals surface area contributed by atoms with Crippen LogP contribution < -0.4 is 5.32 Å². The lowest BCUT2D eigenvalue weighted by Crippen LogP contribution is -2.35. The summed E-state index contributed by atoms with van der Waals surface area (Å²) in [6.45, 7) is 0. The Hall–Kier alpha value is -1.57. The zero-order valence-electron chi connectivity index (χ0n) is 8.65. The van der Waals surface area contributed by atoms with Gasteiger partial charge < -0.3 is 5.32 Å². The summed E-state index contributed by atoms with van der Waals surface area (Å²) in [6, 6.07) is 9.68. The highest BCUT2D eigenvalue weighted by Crippen LogP contribution is 2.11. The van der Waals surface area contributed by atoms with Crippen LogP contribution in [-0.2, 0) is 0 Å². The molecule has 0 aromatic heterocycles. The lowest BCUT2D eigenvalue weighted by atomic mass is 10.0. The highest BCUT2D eigenvalue weighted by molar-refractivity contribution is 5.94. The zero-order valence-corrected chi connectivity index (χ0v) is 8.65. The summed E-state index contributed by atoms with van der Waals surface area (Å²) in [7, 11) is 0. The van der Waals surface area contributed by atoms with Crippen molar-refractivity contribution in [3.8, 4) is 0 Å². The van der Waals surface area contributed by atoms with Gasteiger partial charge in [-0.15, -0.1) is 0 Å². The van der Waals surface area contributed by atoms with Crippen LogP contribution in [0.25, 0.3) is 0 Å². The Labute approximate surface area is 90.0 Å². The van der Waals surface area contributed by atoms with Gasteiger partial charge in [-0.05, 0) is 31.4 Å². The summed E-state index contributed by atoms with van der Waals surface area (Å²) in [5.74, 6) is 0.0379. The minimum Gasteiger partial charge on any atom is -0.349 e. The molecule has 0 aliphatic heterocycles. The summed E-state index contributed by atoms with van der Waals surface area (Å²) >= 11 is 0. The van der Waals surface area contributed by atoms with Gasteiger partial charge >= 0.3 is 0 Å². The maximum absolute atomic E-state index is 11.8. The van der Waals surface area contributed by atoms with Crippen LogP contribution in [0.15, 0.2) is 42.5 Å². The minimum atomic E-state index is 0.0379. The van der Waals surface area contributed by atoms with E-state index in [4.69, 9.17) is 0 Å².